The first-order chi connectivity index (χ1) is 9.60. The van der Waals surface area contributed by atoms with Gasteiger partial charge in [-0.1, -0.05) is 6.92 Å². The smallest absolute Gasteiger partial charge is 0.185 e. The van der Waals surface area contributed by atoms with Gasteiger partial charge in [-0.25, -0.2) is 4.98 Å². The standard InChI is InChI=1S/C15H28N4S/c1-5-16-10-14-12(2)17-15(20-14)19-8-6-13(7-9-19)11-18(3)4/h13,16H,5-11H2,1-4H3. The van der Waals surface area contributed by atoms with E-state index in [1.807, 2.05) is 11.3 Å². The van der Waals surface area contributed by atoms with E-state index in [2.05, 4.69) is 43.1 Å². The number of rotatable bonds is 6. The average Bonchev–Trinajstić information content (AvgIpc) is 2.78. The van der Waals surface area contributed by atoms with Crippen LogP contribution in [-0.4, -0.2) is 50.2 Å². The molecule has 0 spiro atoms. The van der Waals surface area contributed by atoms with Crippen LogP contribution < -0.4 is 10.2 Å². The zero-order valence-electron chi connectivity index (χ0n) is 13.3. The zero-order chi connectivity index (χ0) is 14.5. The fourth-order valence-electron chi connectivity index (χ4n) is 2.77. The zero-order valence-corrected chi connectivity index (χ0v) is 14.1. The van der Waals surface area contributed by atoms with Crippen molar-refractivity contribution in [3.63, 3.8) is 0 Å². The number of anilines is 1. The van der Waals surface area contributed by atoms with Crippen molar-refractivity contribution in [2.75, 3.05) is 45.2 Å². The van der Waals surface area contributed by atoms with Crippen LogP contribution in [-0.2, 0) is 6.54 Å². The molecule has 4 nitrogen and oxygen atoms in total. The van der Waals surface area contributed by atoms with E-state index in [1.165, 1.54) is 35.1 Å². The van der Waals surface area contributed by atoms with Crippen LogP contribution in [0.3, 0.4) is 0 Å². The molecule has 0 atom stereocenters. The van der Waals surface area contributed by atoms with Gasteiger partial charge in [-0.2, -0.15) is 0 Å². The lowest BCUT2D eigenvalue weighted by Crippen LogP contribution is -2.37. The summed E-state index contributed by atoms with van der Waals surface area (Å²) in [5.74, 6) is 0.850. The molecule has 1 fully saturated rings. The predicted octanol–water partition coefficient (Wildman–Crippen LogP) is 2.34. The second-order valence-electron chi connectivity index (χ2n) is 5.98. The van der Waals surface area contributed by atoms with E-state index in [0.29, 0.717) is 0 Å². The fourth-order valence-corrected chi connectivity index (χ4v) is 3.86. The number of nitrogens with one attached hydrogen (secondary N) is 1. The van der Waals surface area contributed by atoms with Gasteiger partial charge >= 0.3 is 0 Å². The van der Waals surface area contributed by atoms with Crippen molar-refractivity contribution in [3.8, 4) is 0 Å². The molecule has 0 bridgehead atoms. The minimum absolute atomic E-state index is 0.850. The lowest BCUT2D eigenvalue weighted by Gasteiger charge is -2.33. The molecule has 0 radical (unpaired) electrons. The highest BCUT2D eigenvalue weighted by atomic mass is 32.1. The molecule has 1 aromatic rings. The number of hydrogen-bond acceptors (Lipinski definition) is 5. The molecule has 0 aromatic carbocycles. The summed E-state index contributed by atoms with van der Waals surface area (Å²) in [5, 5.41) is 4.62. The maximum Gasteiger partial charge on any atom is 0.185 e. The summed E-state index contributed by atoms with van der Waals surface area (Å²) in [6.45, 7) is 9.78. The highest BCUT2D eigenvalue weighted by molar-refractivity contribution is 7.15. The van der Waals surface area contributed by atoms with Gasteiger partial charge in [0.2, 0.25) is 0 Å². The van der Waals surface area contributed by atoms with Gasteiger partial charge in [-0.05, 0) is 46.3 Å². The normalized spacial score (nSPS) is 17.1. The summed E-state index contributed by atoms with van der Waals surface area (Å²) in [6, 6.07) is 0. The number of piperidine rings is 1. The summed E-state index contributed by atoms with van der Waals surface area (Å²) < 4.78 is 0. The number of aryl methyl sites for hydroxylation is 1. The van der Waals surface area contributed by atoms with E-state index in [1.54, 1.807) is 0 Å². The van der Waals surface area contributed by atoms with Gasteiger partial charge in [0, 0.05) is 31.1 Å². The van der Waals surface area contributed by atoms with Crippen molar-refractivity contribution >= 4 is 16.5 Å². The van der Waals surface area contributed by atoms with Crippen molar-refractivity contribution in [1.29, 1.82) is 0 Å². The summed E-state index contributed by atoms with van der Waals surface area (Å²) in [6.07, 6.45) is 2.58. The Morgan fingerprint density at radius 1 is 1.35 bits per heavy atom. The summed E-state index contributed by atoms with van der Waals surface area (Å²) in [5.41, 5.74) is 1.20. The molecule has 1 N–H and O–H groups in total. The van der Waals surface area contributed by atoms with Gasteiger partial charge in [0.25, 0.3) is 0 Å². The first-order valence-corrected chi connectivity index (χ1v) is 8.48. The van der Waals surface area contributed by atoms with Crippen molar-refractivity contribution in [1.82, 2.24) is 15.2 Å². The third-order valence-electron chi connectivity index (χ3n) is 3.93. The molecule has 5 heteroatoms. The summed E-state index contributed by atoms with van der Waals surface area (Å²) >= 11 is 1.86. The number of thiazole rings is 1. The maximum absolute atomic E-state index is 4.77. The first-order valence-electron chi connectivity index (χ1n) is 7.66. The van der Waals surface area contributed by atoms with Gasteiger partial charge in [0.15, 0.2) is 5.13 Å². The molecular formula is C15H28N4S. The fraction of sp³-hybridized carbons (Fsp3) is 0.800. The van der Waals surface area contributed by atoms with Crippen LogP contribution in [0.4, 0.5) is 5.13 Å². The Morgan fingerprint density at radius 3 is 2.65 bits per heavy atom. The Balaban J connectivity index is 1.90. The third kappa shape index (κ3) is 4.17. The molecule has 1 aliphatic rings. The molecule has 114 valence electrons. The highest BCUT2D eigenvalue weighted by Crippen LogP contribution is 2.29. The number of hydrogen-bond donors (Lipinski definition) is 1. The van der Waals surface area contributed by atoms with Crippen molar-refractivity contribution in [2.24, 2.45) is 5.92 Å². The topological polar surface area (TPSA) is 31.4 Å². The van der Waals surface area contributed by atoms with Crippen LogP contribution in [0.1, 0.15) is 30.3 Å². The Bertz CT molecular complexity index is 408. The molecule has 0 amide bonds. The average molecular weight is 296 g/mol. The second kappa shape index (κ2) is 7.38. The van der Waals surface area contributed by atoms with E-state index < -0.39 is 0 Å². The van der Waals surface area contributed by atoms with Gasteiger partial charge in [-0.3, -0.25) is 0 Å². The Kier molecular flexibility index (Phi) is 5.81. The van der Waals surface area contributed by atoms with Crippen molar-refractivity contribution < 1.29 is 0 Å². The molecule has 0 unspecified atom stereocenters. The van der Waals surface area contributed by atoms with Crippen LogP contribution in [0.5, 0.6) is 0 Å². The molecule has 1 saturated heterocycles. The molecule has 0 saturated carbocycles. The van der Waals surface area contributed by atoms with Gasteiger partial charge in [0.1, 0.15) is 0 Å². The van der Waals surface area contributed by atoms with Crippen LogP contribution >= 0.6 is 11.3 Å². The van der Waals surface area contributed by atoms with Gasteiger partial charge < -0.3 is 15.1 Å². The van der Waals surface area contributed by atoms with E-state index in [-0.39, 0.29) is 0 Å². The minimum Gasteiger partial charge on any atom is -0.348 e. The van der Waals surface area contributed by atoms with Crippen LogP contribution in [0, 0.1) is 12.8 Å². The van der Waals surface area contributed by atoms with E-state index >= 15 is 0 Å². The molecule has 2 rings (SSSR count). The molecule has 0 aliphatic carbocycles. The third-order valence-corrected chi connectivity index (χ3v) is 5.14. The molecule has 1 aromatic heterocycles. The van der Waals surface area contributed by atoms with Crippen LogP contribution in [0.15, 0.2) is 0 Å². The molecular weight excluding hydrogens is 268 g/mol. The van der Waals surface area contributed by atoms with Gasteiger partial charge in [-0.15, -0.1) is 11.3 Å². The second-order valence-corrected chi connectivity index (χ2v) is 7.04. The monoisotopic (exact) mass is 296 g/mol. The predicted molar refractivity (Wildman–Crippen MR) is 87.7 cm³/mol. The summed E-state index contributed by atoms with van der Waals surface area (Å²) in [7, 11) is 4.34. The molecule has 20 heavy (non-hydrogen) atoms. The summed E-state index contributed by atoms with van der Waals surface area (Å²) in [4.78, 5) is 10.9. The lowest BCUT2D eigenvalue weighted by molar-refractivity contribution is 0.285. The van der Waals surface area contributed by atoms with E-state index in [4.69, 9.17) is 4.98 Å². The number of nitrogens with zero attached hydrogens (tertiary/aromatic N) is 3. The van der Waals surface area contributed by atoms with E-state index in [9.17, 15) is 0 Å². The highest BCUT2D eigenvalue weighted by Gasteiger charge is 2.22. The Morgan fingerprint density at radius 2 is 2.05 bits per heavy atom. The van der Waals surface area contributed by atoms with Gasteiger partial charge in [0.05, 0.1) is 5.69 Å². The SMILES string of the molecule is CCNCc1sc(N2CCC(CN(C)C)CC2)nc1C. The van der Waals surface area contributed by atoms with E-state index in [0.717, 1.165) is 32.1 Å². The van der Waals surface area contributed by atoms with Crippen molar-refractivity contribution in [3.05, 3.63) is 10.6 Å². The first kappa shape index (κ1) is 15.7. The quantitative estimate of drug-likeness (QED) is 0.873. The lowest BCUT2D eigenvalue weighted by atomic mass is 9.97. The van der Waals surface area contributed by atoms with Crippen LogP contribution in [0.25, 0.3) is 0 Å². The Labute approximate surface area is 127 Å². The molecule has 2 heterocycles. The minimum atomic E-state index is 0.850. The number of aromatic nitrogens is 1. The van der Waals surface area contributed by atoms with Crippen LogP contribution in [0.2, 0.25) is 0 Å². The largest absolute Gasteiger partial charge is 0.348 e. The van der Waals surface area contributed by atoms with Crippen molar-refractivity contribution in [2.45, 2.75) is 33.2 Å². The maximum atomic E-state index is 4.77. The Hall–Kier alpha value is -0.650. The molecule has 1 aliphatic heterocycles.